The van der Waals surface area contributed by atoms with Crippen molar-refractivity contribution in [2.24, 2.45) is 5.92 Å². The fraction of sp³-hybridized carbons (Fsp3) is 0.625. The normalized spacial score (nSPS) is 14.9. The zero-order chi connectivity index (χ0) is 14.9. The van der Waals surface area contributed by atoms with Crippen molar-refractivity contribution in [3.63, 3.8) is 0 Å². The Balaban J connectivity index is 2.62. The van der Waals surface area contributed by atoms with Gasteiger partial charge in [0.25, 0.3) is 0 Å². The van der Waals surface area contributed by atoms with Crippen LogP contribution in [0.5, 0.6) is 0 Å². The van der Waals surface area contributed by atoms with E-state index in [9.17, 15) is 0 Å². The molecular weight excluding hydrogens is 270 g/mol. The lowest BCUT2D eigenvalue weighted by Crippen LogP contribution is -2.18. The monoisotopic (exact) mass is 293 g/mol. The number of pyridine rings is 1. The SMILES string of the molecule is CCC(CC)C(C)n1c(C(C)Cl)nc2cc(C)cnc21. The quantitative estimate of drug-likeness (QED) is 0.723. The fourth-order valence-corrected chi connectivity index (χ4v) is 3.12. The van der Waals surface area contributed by atoms with Crippen LogP contribution in [0.1, 0.15) is 63.3 Å². The van der Waals surface area contributed by atoms with Gasteiger partial charge in [0.2, 0.25) is 0 Å². The van der Waals surface area contributed by atoms with Gasteiger partial charge in [-0.15, -0.1) is 11.6 Å². The minimum atomic E-state index is -0.110. The van der Waals surface area contributed by atoms with Crippen LogP contribution in [0.15, 0.2) is 12.3 Å². The molecule has 20 heavy (non-hydrogen) atoms. The predicted octanol–water partition coefficient (Wildman–Crippen LogP) is 5.04. The number of alkyl halides is 1. The second kappa shape index (κ2) is 6.13. The second-order valence-corrected chi connectivity index (χ2v) is 6.28. The Kier molecular flexibility index (Phi) is 4.69. The molecule has 110 valence electrons. The summed E-state index contributed by atoms with van der Waals surface area (Å²) < 4.78 is 2.24. The summed E-state index contributed by atoms with van der Waals surface area (Å²) in [5, 5.41) is -0.110. The number of hydrogen-bond donors (Lipinski definition) is 0. The third-order valence-electron chi connectivity index (χ3n) is 4.19. The summed E-state index contributed by atoms with van der Waals surface area (Å²) in [7, 11) is 0. The highest BCUT2D eigenvalue weighted by Gasteiger charge is 2.24. The molecule has 0 aromatic carbocycles. The Hall–Kier alpha value is -1.09. The van der Waals surface area contributed by atoms with Crippen LogP contribution in [0.2, 0.25) is 0 Å². The van der Waals surface area contributed by atoms with Crippen molar-refractivity contribution in [1.29, 1.82) is 0 Å². The maximum absolute atomic E-state index is 6.34. The van der Waals surface area contributed by atoms with E-state index in [1.165, 1.54) is 0 Å². The highest BCUT2D eigenvalue weighted by molar-refractivity contribution is 6.20. The molecule has 0 radical (unpaired) electrons. The number of halogens is 1. The molecule has 0 saturated heterocycles. The molecular formula is C16H24ClN3. The Morgan fingerprint density at radius 3 is 2.45 bits per heavy atom. The van der Waals surface area contributed by atoms with Gasteiger partial charge >= 0.3 is 0 Å². The topological polar surface area (TPSA) is 30.7 Å². The molecule has 0 N–H and O–H groups in total. The number of aromatic nitrogens is 3. The standard InChI is InChI=1S/C16H24ClN3/c1-6-13(7-2)12(5)20-15(11(4)17)19-14-8-10(3)9-18-16(14)20/h8-9,11-13H,6-7H2,1-5H3. The van der Waals surface area contributed by atoms with Crippen LogP contribution < -0.4 is 0 Å². The number of imidazole rings is 1. The lowest BCUT2D eigenvalue weighted by molar-refractivity contribution is 0.331. The van der Waals surface area contributed by atoms with Gasteiger partial charge in [-0.2, -0.15) is 0 Å². The number of fused-ring (bicyclic) bond motifs is 1. The number of hydrogen-bond acceptors (Lipinski definition) is 2. The van der Waals surface area contributed by atoms with Crippen molar-refractivity contribution in [3.05, 3.63) is 23.7 Å². The number of aryl methyl sites for hydroxylation is 1. The van der Waals surface area contributed by atoms with Gasteiger partial charge in [0.1, 0.15) is 11.3 Å². The van der Waals surface area contributed by atoms with Crippen LogP contribution in [-0.4, -0.2) is 14.5 Å². The van der Waals surface area contributed by atoms with E-state index in [4.69, 9.17) is 16.6 Å². The van der Waals surface area contributed by atoms with Crippen LogP contribution in [0.4, 0.5) is 0 Å². The molecule has 0 fully saturated rings. The lowest BCUT2D eigenvalue weighted by Gasteiger charge is -2.25. The molecule has 0 spiro atoms. The molecule has 0 saturated carbocycles. The zero-order valence-corrected chi connectivity index (χ0v) is 13.8. The molecule has 3 nitrogen and oxygen atoms in total. The van der Waals surface area contributed by atoms with Crippen molar-refractivity contribution in [1.82, 2.24) is 14.5 Å². The average Bonchev–Trinajstić information content (AvgIpc) is 2.78. The van der Waals surface area contributed by atoms with Gasteiger partial charge in [0.05, 0.1) is 5.38 Å². The van der Waals surface area contributed by atoms with Crippen LogP contribution in [0.3, 0.4) is 0 Å². The molecule has 0 aliphatic heterocycles. The Morgan fingerprint density at radius 2 is 1.90 bits per heavy atom. The summed E-state index contributed by atoms with van der Waals surface area (Å²) in [4.78, 5) is 9.31. The van der Waals surface area contributed by atoms with Crippen molar-refractivity contribution >= 4 is 22.8 Å². The van der Waals surface area contributed by atoms with E-state index in [2.05, 4.69) is 36.4 Å². The molecule has 2 unspecified atom stereocenters. The van der Waals surface area contributed by atoms with Crippen LogP contribution in [0, 0.1) is 12.8 Å². The maximum atomic E-state index is 6.34. The van der Waals surface area contributed by atoms with Crippen LogP contribution in [-0.2, 0) is 0 Å². The maximum Gasteiger partial charge on any atom is 0.160 e. The van der Waals surface area contributed by atoms with Gasteiger partial charge in [0.15, 0.2) is 5.65 Å². The minimum Gasteiger partial charge on any atom is -0.308 e. The summed E-state index contributed by atoms with van der Waals surface area (Å²) >= 11 is 6.34. The second-order valence-electron chi connectivity index (χ2n) is 5.63. The summed E-state index contributed by atoms with van der Waals surface area (Å²) in [6.45, 7) is 10.8. The smallest absolute Gasteiger partial charge is 0.160 e. The highest BCUT2D eigenvalue weighted by Crippen LogP contribution is 2.32. The third kappa shape index (κ3) is 2.69. The third-order valence-corrected chi connectivity index (χ3v) is 4.38. The summed E-state index contributed by atoms with van der Waals surface area (Å²) in [5.41, 5.74) is 3.04. The van der Waals surface area contributed by atoms with Crippen LogP contribution in [0.25, 0.3) is 11.2 Å². The number of rotatable bonds is 5. The first kappa shape index (κ1) is 15.3. The first-order chi connectivity index (χ1) is 9.49. The predicted molar refractivity (Wildman–Crippen MR) is 85.3 cm³/mol. The van der Waals surface area contributed by atoms with E-state index in [1.807, 2.05) is 20.0 Å². The van der Waals surface area contributed by atoms with Crippen molar-refractivity contribution in [2.45, 2.75) is 58.9 Å². The molecule has 2 heterocycles. The summed E-state index contributed by atoms with van der Waals surface area (Å²) in [5.74, 6) is 1.55. The van der Waals surface area contributed by atoms with E-state index in [0.717, 1.165) is 35.4 Å². The molecule has 2 rings (SSSR count). The van der Waals surface area contributed by atoms with Gasteiger partial charge < -0.3 is 4.57 Å². The molecule has 0 aliphatic carbocycles. The minimum absolute atomic E-state index is 0.110. The molecule has 0 aliphatic rings. The van der Waals surface area contributed by atoms with Gasteiger partial charge in [-0.05, 0) is 38.3 Å². The molecule has 2 atom stereocenters. The van der Waals surface area contributed by atoms with Gasteiger partial charge in [-0.25, -0.2) is 9.97 Å². The van der Waals surface area contributed by atoms with E-state index in [0.29, 0.717) is 12.0 Å². The van der Waals surface area contributed by atoms with E-state index >= 15 is 0 Å². The van der Waals surface area contributed by atoms with Crippen molar-refractivity contribution < 1.29 is 0 Å². The Bertz CT molecular complexity index is 585. The largest absolute Gasteiger partial charge is 0.308 e. The van der Waals surface area contributed by atoms with Gasteiger partial charge in [0, 0.05) is 12.2 Å². The summed E-state index contributed by atoms with van der Waals surface area (Å²) in [6, 6.07) is 2.45. The van der Waals surface area contributed by atoms with Crippen molar-refractivity contribution in [2.75, 3.05) is 0 Å². The molecule has 4 heteroatoms. The van der Waals surface area contributed by atoms with Gasteiger partial charge in [-0.1, -0.05) is 26.7 Å². The fourth-order valence-electron chi connectivity index (χ4n) is 2.96. The molecule has 0 bridgehead atoms. The van der Waals surface area contributed by atoms with E-state index in [-0.39, 0.29) is 5.38 Å². The van der Waals surface area contributed by atoms with E-state index < -0.39 is 0 Å². The lowest BCUT2D eigenvalue weighted by atomic mass is 9.95. The van der Waals surface area contributed by atoms with Gasteiger partial charge in [-0.3, -0.25) is 0 Å². The first-order valence-electron chi connectivity index (χ1n) is 7.48. The summed E-state index contributed by atoms with van der Waals surface area (Å²) in [6.07, 6.45) is 4.21. The Morgan fingerprint density at radius 1 is 1.25 bits per heavy atom. The molecule has 0 amide bonds. The number of nitrogens with zero attached hydrogens (tertiary/aromatic N) is 3. The van der Waals surface area contributed by atoms with Crippen LogP contribution >= 0.6 is 11.6 Å². The zero-order valence-electron chi connectivity index (χ0n) is 13.0. The average molecular weight is 294 g/mol. The Labute approximate surface area is 126 Å². The highest BCUT2D eigenvalue weighted by atomic mass is 35.5. The molecule has 2 aromatic rings. The molecule has 2 aromatic heterocycles. The van der Waals surface area contributed by atoms with Crippen molar-refractivity contribution in [3.8, 4) is 0 Å². The van der Waals surface area contributed by atoms with E-state index in [1.54, 1.807) is 0 Å². The first-order valence-corrected chi connectivity index (χ1v) is 7.91.